The number of halogens is 1. The van der Waals surface area contributed by atoms with E-state index in [0.717, 1.165) is 0 Å². The van der Waals surface area contributed by atoms with Crippen molar-refractivity contribution < 1.29 is 18.7 Å². The van der Waals surface area contributed by atoms with Gasteiger partial charge in [-0.05, 0) is 35.9 Å². The summed E-state index contributed by atoms with van der Waals surface area (Å²) in [5, 5.41) is 8.49. The molecule has 0 aromatic heterocycles. The van der Waals surface area contributed by atoms with Crippen LogP contribution in [0.3, 0.4) is 0 Å². The van der Waals surface area contributed by atoms with Gasteiger partial charge in [0.25, 0.3) is 0 Å². The Kier molecular flexibility index (Phi) is 3.58. The molecule has 108 valence electrons. The van der Waals surface area contributed by atoms with Crippen molar-refractivity contribution >= 4 is 11.9 Å². The zero-order chi connectivity index (χ0) is 15.5. The van der Waals surface area contributed by atoms with Crippen LogP contribution < -0.4 is 9.47 Å². The SMILES string of the molecule is N#CCOc1ccc2c(c1)O/C(=C\c1ccc(F)cc1)C2=O. The van der Waals surface area contributed by atoms with Crippen molar-refractivity contribution in [3.63, 3.8) is 0 Å². The van der Waals surface area contributed by atoms with Crippen molar-refractivity contribution in [2.24, 2.45) is 0 Å². The van der Waals surface area contributed by atoms with E-state index < -0.39 is 0 Å². The van der Waals surface area contributed by atoms with Crippen LogP contribution in [0.2, 0.25) is 0 Å². The normalized spacial score (nSPS) is 14.4. The highest BCUT2D eigenvalue weighted by Crippen LogP contribution is 2.34. The summed E-state index contributed by atoms with van der Waals surface area (Å²) in [5.74, 6) is 0.415. The zero-order valence-electron chi connectivity index (χ0n) is 11.4. The van der Waals surface area contributed by atoms with E-state index in [1.165, 1.54) is 12.1 Å². The number of carbonyl (C=O) groups excluding carboxylic acids is 1. The van der Waals surface area contributed by atoms with Gasteiger partial charge in [0.05, 0.1) is 5.56 Å². The molecule has 2 aromatic carbocycles. The summed E-state index contributed by atoms with van der Waals surface area (Å²) < 4.78 is 23.6. The molecule has 1 aliphatic rings. The van der Waals surface area contributed by atoms with Crippen molar-refractivity contribution in [3.8, 4) is 17.6 Å². The molecule has 1 heterocycles. The van der Waals surface area contributed by atoms with E-state index in [-0.39, 0.29) is 24.0 Å². The van der Waals surface area contributed by atoms with Gasteiger partial charge >= 0.3 is 0 Å². The monoisotopic (exact) mass is 295 g/mol. The van der Waals surface area contributed by atoms with Crippen LogP contribution in [0.5, 0.6) is 11.5 Å². The third-order valence-corrected chi connectivity index (χ3v) is 3.11. The number of benzene rings is 2. The molecule has 4 nitrogen and oxygen atoms in total. The second-order valence-corrected chi connectivity index (χ2v) is 4.60. The van der Waals surface area contributed by atoms with Crippen LogP contribution in [0.25, 0.3) is 6.08 Å². The number of Topliss-reactive ketones (excluding diaryl/α,β-unsaturated/α-hetero) is 1. The molecule has 1 aliphatic heterocycles. The number of rotatable bonds is 3. The number of nitriles is 1. The van der Waals surface area contributed by atoms with Crippen molar-refractivity contribution in [2.45, 2.75) is 0 Å². The highest BCUT2D eigenvalue weighted by Gasteiger charge is 2.27. The average Bonchev–Trinajstić information content (AvgIpc) is 2.83. The summed E-state index contributed by atoms with van der Waals surface area (Å²) in [6.45, 7) is -0.0784. The molecule has 0 aliphatic carbocycles. The number of hydrogen-bond acceptors (Lipinski definition) is 4. The van der Waals surface area contributed by atoms with E-state index in [1.807, 2.05) is 6.07 Å². The van der Waals surface area contributed by atoms with Crippen molar-refractivity contribution in [1.82, 2.24) is 0 Å². The zero-order valence-corrected chi connectivity index (χ0v) is 11.4. The van der Waals surface area contributed by atoms with Gasteiger partial charge in [-0.1, -0.05) is 12.1 Å². The Morgan fingerprint density at radius 2 is 2.00 bits per heavy atom. The van der Waals surface area contributed by atoms with E-state index in [1.54, 1.807) is 36.4 Å². The predicted molar refractivity (Wildman–Crippen MR) is 76.9 cm³/mol. The minimum absolute atomic E-state index is 0.0784. The van der Waals surface area contributed by atoms with E-state index >= 15 is 0 Å². The number of hydrogen-bond donors (Lipinski definition) is 0. The Morgan fingerprint density at radius 1 is 1.23 bits per heavy atom. The second-order valence-electron chi connectivity index (χ2n) is 4.60. The number of ether oxygens (including phenoxy) is 2. The Labute approximate surface area is 126 Å². The van der Waals surface area contributed by atoms with Gasteiger partial charge in [-0.3, -0.25) is 4.79 Å². The molecule has 0 saturated carbocycles. The molecule has 3 rings (SSSR count). The summed E-state index contributed by atoms with van der Waals surface area (Å²) >= 11 is 0. The van der Waals surface area contributed by atoms with Crippen LogP contribution in [0, 0.1) is 17.1 Å². The van der Waals surface area contributed by atoms with Gasteiger partial charge < -0.3 is 9.47 Å². The van der Waals surface area contributed by atoms with E-state index in [9.17, 15) is 9.18 Å². The lowest BCUT2D eigenvalue weighted by Crippen LogP contribution is -1.98. The fourth-order valence-electron chi connectivity index (χ4n) is 2.08. The van der Waals surface area contributed by atoms with E-state index in [0.29, 0.717) is 22.6 Å². The molecule has 0 fully saturated rings. The second kappa shape index (κ2) is 5.70. The fraction of sp³-hybridized carbons (Fsp3) is 0.0588. The third kappa shape index (κ3) is 2.67. The molecule has 5 heteroatoms. The first-order chi connectivity index (χ1) is 10.7. The van der Waals surface area contributed by atoms with Crippen molar-refractivity contribution in [3.05, 3.63) is 65.2 Å². The Hall–Kier alpha value is -3.13. The molecule has 0 saturated heterocycles. The molecule has 0 bridgehead atoms. The topological polar surface area (TPSA) is 59.3 Å². The van der Waals surface area contributed by atoms with Gasteiger partial charge in [-0.15, -0.1) is 0 Å². The standard InChI is InChI=1S/C17H10FNO3/c18-12-3-1-11(2-4-12)9-16-17(20)14-6-5-13(21-8-7-19)10-15(14)22-16/h1-6,9-10H,8H2/b16-9-. The minimum Gasteiger partial charge on any atom is -0.479 e. The molecule has 0 spiro atoms. The van der Waals surface area contributed by atoms with Gasteiger partial charge in [-0.25, -0.2) is 4.39 Å². The Balaban J connectivity index is 1.87. The van der Waals surface area contributed by atoms with Crippen LogP contribution in [0.4, 0.5) is 4.39 Å². The summed E-state index contributed by atoms with van der Waals surface area (Å²) in [7, 11) is 0. The number of nitrogens with zero attached hydrogens (tertiary/aromatic N) is 1. The fourth-order valence-corrected chi connectivity index (χ4v) is 2.08. The number of ketones is 1. The maximum atomic E-state index is 12.9. The lowest BCUT2D eigenvalue weighted by molar-refractivity contribution is 0.101. The Morgan fingerprint density at radius 3 is 2.73 bits per heavy atom. The molecule has 0 unspecified atom stereocenters. The number of carbonyl (C=O) groups is 1. The summed E-state index contributed by atoms with van der Waals surface area (Å²) in [5.41, 5.74) is 1.09. The van der Waals surface area contributed by atoms with Gasteiger partial charge in [0.1, 0.15) is 23.4 Å². The van der Waals surface area contributed by atoms with Gasteiger partial charge in [0.2, 0.25) is 5.78 Å². The molecule has 2 aromatic rings. The van der Waals surface area contributed by atoms with Gasteiger partial charge in [0.15, 0.2) is 12.4 Å². The highest BCUT2D eigenvalue weighted by molar-refractivity contribution is 6.14. The molecular formula is C17H10FNO3. The first kappa shape index (κ1) is 13.8. The van der Waals surface area contributed by atoms with Crippen LogP contribution in [-0.2, 0) is 0 Å². The molecule has 0 radical (unpaired) electrons. The van der Waals surface area contributed by atoms with Gasteiger partial charge in [0, 0.05) is 6.07 Å². The average molecular weight is 295 g/mol. The van der Waals surface area contributed by atoms with Crippen LogP contribution in [0.1, 0.15) is 15.9 Å². The maximum absolute atomic E-state index is 12.9. The highest BCUT2D eigenvalue weighted by atomic mass is 19.1. The first-order valence-electron chi connectivity index (χ1n) is 6.51. The lowest BCUT2D eigenvalue weighted by Gasteiger charge is -2.03. The van der Waals surface area contributed by atoms with E-state index in [2.05, 4.69) is 0 Å². The molecule has 0 amide bonds. The smallest absolute Gasteiger partial charge is 0.231 e. The lowest BCUT2D eigenvalue weighted by atomic mass is 10.1. The third-order valence-electron chi connectivity index (χ3n) is 3.11. The van der Waals surface area contributed by atoms with Crippen LogP contribution >= 0.6 is 0 Å². The Bertz CT molecular complexity index is 804. The summed E-state index contributed by atoms with van der Waals surface area (Å²) in [4.78, 5) is 12.2. The molecule has 0 atom stereocenters. The van der Waals surface area contributed by atoms with Crippen LogP contribution in [0.15, 0.2) is 48.2 Å². The maximum Gasteiger partial charge on any atom is 0.231 e. The largest absolute Gasteiger partial charge is 0.479 e. The molecule has 22 heavy (non-hydrogen) atoms. The van der Waals surface area contributed by atoms with Crippen molar-refractivity contribution in [1.29, 1.82) is 5.26 Å². The number of allylic oxidation sites excluding steroid dienone is 1. The van der Waals surface area contributed by atoms with Gasteiger partial charge in [-0.2, -0.15) is 5.26 Å². The predicted octanol–water partition coefficient (Wildman–Crippen LogP) is 3.34. The summed E-state index contributed by atoms with van der Waals surface area (Å²) in [6.07, 6.45) is 1.55. The quantitative estimate of drug-likeness (QED) is 0.815. The first-order valence-corrected chi connectivity index (χ1v) is 6.51. The molecule has 0 N–H and O–H groups in total. The summed E-state index contributed by atoms with van der Waals surface area (Å²) in [6, 6.07) is 12.4. The van der Waals surface area contributed by atoms with Crippen molar-refractivity contribution in [2.75, 3.05) is 6.61 Å². The molecular weight excluding hydrogens is 285 g/mol. The van der Waals surface area contributed by atoms with Crippen LogP contribution in [-0.4, -0.2) is 12.4 Å². The van der Waals surface area contributed by atoms with E-state index in [4.69, 9.17) is 14.7 Å². The minimum atomic E-state index is -0.344. The number of fused-ring (bicyclic) bond motifs is 1.